The summed E-state index contributed by atoms with van der Waals surface area (Å²) in [6, 6.07) is 3.62. The van der Waals surface area contributed by atoms with Crippen LogP contribution >= 0.6 is 0 Å². The van der Waals surface area contributed by atoms with Gasteiger partial charge in [0.25, 0.3) is 5.91 Å². The number of fused-ring (bicyclic) bond motifs is 1. The Kier molecular flexibility index (Phi) is 3.89. The number of aromatic nitrogens is 2. The molecule has 22 heavy (non-hydrogen) atoms. The highest BCUT2D eigenvalue weighted by Crippen LogP contribution is 2.18. The number of nitrogens with zero attached hydrogens (tertiary/aromatic N) is 2. The van der Waals surface area contributed by atoms with Crippen molar-refractivity contribution in [3.05, 3.63) is 52.3 Å². The lowest BCUT2D eigenvalue weighted by Crippen LogP contribution is -2.30. The van der Waals surface area contributed by atoms with Crippen LogP contribution in [0.4, 0.5) is 8.78 Å². The lowest BCUT2D eigenvalue weighted by Gasteiger charge is -2.18. The summed E-state index contributed by atoms with van der Waals surface area (Å²) in [5.74, 6) is -2.06. The minimum absolute atomic E-state index is 0.186. The van der Waals surface area contributed by atoms with E-state index in [0.717, 1.165) is 36.4 Å². The molecule has 0 saturated carbocycles. The van der Waals surface area contributed by atoms with Crippen molar-refractivity contribution in [2.24, 2.45) is 0 Å². The standard InChI is InChI=1S/C15H16F2N4O/c1-21(8-9-2-3-11(16)12(17)6-9)15(22)14-10-7-18-5-4-13(10)19-20-14/h2-3,6,18H,4-5,7-8H2,1H3,(H,19,20). The largest absolute Gasteiger partial charge is 0.336 e. The molecule has 7 heteroatoms. The van der Waals surface area contributed by atoms with Gasteiger partial charge in [0.1, 0.15) is 0 Å². The Balaban J connectivity index is 1.77. The van der Waals surface area contributed by atoms with Gasteiger partial charge in [0.2, 0.25) is 0 Å². The molecule has 5 nitrogen and oxygen atoms in total. The average Bonchev–Trinajstić information content (AvgIpc) is 2.94. The average molecular weight is 306 g/mol. The quantitative estimate of drug-likeness (QED) is 0.905. The number of aromatic amines is 1. The van der Waals surface area contributed by atoms with Gasteiger partial charge in [-0.2, -0.15) is 5.10 Å². The predicted octanol–water partition coefficient (Wildman–Crippen LogP) is 1.61. The first-order chi connectivity index (χ1) is 10.6. The molecule has 1 aliphatic heterocycles. The number of hydrogen-bond donors (Lipinski definition) is 2. The molecule has 0 fully saturated rings. The minimum Gasteiger partial charge on any atom is -0.336 e. The van der Waals surface area contributed by atoms with E-state index in [9.17, 15) is 13.6 Å². The van der Waals surface area contributed by atoms with Gasteiger partial charge in [-0.05, 0) is 17.7 Å². The lowest BCUT2D eigenvalue weighted by molar-refractivity contribution is 0.0777. The van der Waals surface area contributed by atoms with E-state index in [-0.39, 0.29) is 12.5 Å². The van der Waals surface area contributed by atoms with Crippen LogP contribution < -0.4 is 5.32 Å². The molecule has 0 saturated heterocycles. The second kappa shape index (κ2) is 5.84. The van der Waals surface area contributed by atoms with Crippen molar-refractivity contribution in [2.75, 3.05) is 13.6 Å². The van der Waals surface area contributed by atoms with E-state index in [1.165, 1.54) is 11.0 Å². The third kappa shape index (κ3) is 2.71. The van der Waals surface area contributed by atoms with Crippen LogP contribution in [0.1, 0.15) is 27.3 Å². The number of carbonyl (C=O) groups excluding carboxylic acids is 1. The molecule has 2 aromatic rings. The third-order valence-electron chi connectivity index (χ3n) is 3.76. The van der Waals surface area contributed by atoms with Crippen LogP contribution in [0.25, 0.3) is 0 Å². The smallest absolute Gasteiger partial charge is 0.274 e. The maximum absolute atomic E-state index is 13.2. The molecular weight excluding hydrogens is 290 g/mol. The highest BCUT2D eigenvalue weighted by atomic mass is 19.2. The number of hydrogen-bond acceptors (Lipinski definition) is 3. The highest BCUT2D eigenvalue weighted by Gasteiger charge is 2.24. The molecule has 0 radical (unpaired) electrons. The SMILES string of the molecule is CN(Cc1ccc(F)c(F)c1)C(=O)c1n[nH]c2c1CNCC2. The molecule has 2 N–H and O–H groups in total. The summed E-state index contributed by atoms with van der Waals surface area (Å²) in [5, 5.41) is 10.2. The number of carbonyl (C=O) groups is 1. The number of nitrogens with one attached hydrogen (secondary N) is 2. The van der Waals surface area contributed by atoms with Crippen LogP contribution in [0.15, 0.2) is 18.2 Å². The monoisotopic (exact) mass is 306 g/mol. The Bertz CT molecular complexity index is 714. The van der Waals surface area contributed by atoms with Crippen LogP contribution in [0.3, 0.4) is 0 Å². The van der Waals surface area contributed by atoms with Crippen molar-refractivity contribution >= 4 is 5.91 Å². The van der Waals surface area contributed by atoms with Crippen molar-refractivity contribution in [2.45, 2.75) is 19.5 Å². The van der Waals surface area contributed by atoms with Gasteiger partial charge >= 0.3 is 0 Å². The lowest BCUT2D eigenvalue weighted by atomic mass is 10.1. The summed E-state index contributed by atoms with van der Waals surface area (Å²) in [6.45, 7) is 1.64. The van der Waals surface area contributed by atoms with Crippen molar-refractivity contribution in [3.8, 4) is 0 Å². The highest BCUT2D eigenvalue weighted by molar-refractivity contribution is 5.93. The fourth-order valence-corrected chi connectivity index (χ4v) is 2.57. The van der Waals surface area contributed by atoms with Gasteiger partial charge in [0, 0.05) is 44.4 Å². The Morgan fingerprint density at radius 2 is 2.18 bits per heavy atom. The number of H-pyrrole nitrogens is 1. The third-order valence-corrected chi connectivity index (χ3v) is 3.76. The Hall–Kier alpha value is -2.28. The molecule has 116 valence electrons. The number of halogens is 2. The van der Waals surface area contributed by atoms with Gasteiger partial charge in [-0.1, -0.05) is 6.07 Å². The first kappa shape index (κ1) is 14.6. The Labute approximate surface area is 126 Å². The fourth-order valence-electron chi connectivity index (χ4n) is 2.57. The van der Waals surface area contributed by atoms with E-state index in [0.29, 0.717) is 17.8 Å². The van der Waals surface area contributed by atoms with Gasteiger partial charge in [0.05, 0.1) is 0 Å². The normalized spacial score (nSPS) is 13.8. The minimum atomic E-state index is -0.917. The second-order valence-electron chi connectivity index (χ2n) is 5.37. The van der Waals surface area contributed by atoms with Crippen molar-refractivity contribution < 1.29 is 13.6 Å². The maximum atomic E-state index is 13.2. The fraction of sp³-hybridized carbons (Fsp3) is 0.333. The molecule has 0 atom stereocenters. The molecular formula is C15H16F2N4O. The molecule has 0 unspecified atom stereocenters. The number of rotatable bonds is 3. The maximum Gasteiger partial charge on any atom is 0.274 e. The second-order valence-corrected chi connectivity index (χ2v) is 5.37. The first-order valence-corrected chi connectivity index (χ1v) is 7.02. The summed E-state index contributed by atoms with van der Waals surface area (Å²) in [7, 11) is 1.61. The molecule has 0 bridgehead atoms. The Morgan fingerprint density at radius 1 is 1.36 bits per heavy atom. The van der Waals surface area contributed by atoms with E-state index in [4.69, 9.17) is 0 Å². The predicted molar refractivity (Wildman–Crippen MR) is 76.2 cm³/mol. The zero-order chi connectivity index (χ0) is 15.7. The number of amides is 1. The van der Waals surface area contributed by atoms with Gasteiger partial charge in [-0.15, -0.1) is 0 Å². The van der Waals surface area contributed by atoms with Crippen LogP contribution in [-0.2, 0) is 19.5 Å². The van der Waals surface area contributed by atoms with Crippen LogP contribution in [0.5, 0.6) is 0 Å². The summed E-state index contributed by atoms with van der Waals surface area (Å²) in [6.07, 6.45) is 0.808. The molecule has 2 heterocycles. The van der Waals surface area contributed by atoms with E-state index in [1.54, 1.807) is 7.05 Å². The van der Waals surface area contributed by atoms with Crippen LogP contribution in [0, 0.1) is 11.6 Å². The number of benzene rings is 1. The van der Waals surface area contributed by atoms with Crippen molar-refractivity contribution in [3.63, 3.8) is 0 Å². The van der Waals surface area contributed by atoms with Crippen molar-refractivity contribution in [1.29, 1.82) is 0 Å². The summed E-state index contributed by atoms with van der Waals surface area (Å²) < 4.78 is 26.2. The van der Waals surface area contributed by atoms with Gasteiger partial charge in [0.15, 0.2) is 17.3 Å². The van der Waals surface area contributed by atoms with Crippen LogP contribution in [0.2, 0.25) is 0 Å². The molecule has 1 aromatic carbocycles. The van der Waals surface area contributed by atoms with Gasteiger partial charge in [-0.25, -0.2) is 8.78 Å². The van der Waals surface area contributed by atoms with E-state index in [1.807, 2.05) is 0 Å². The van der Waals surface area contributed by atoms with Gasteiger partial charge in [-0.3, -0.25) is 9.89 Å². The Morgan fingerprint density at radius 3 is 2.95 bits per heavy atom. The molecule has 1 amide bonds. The molecule has 3 rings (SSSR count). The topological polar surface area (TPSA) is 61.0 Å². The van der Waals surface area contributed by atoms with E-state index < -0.39 is 11.6 Å². The summed E-state index contributed by atoms with van der Waals surface area (Å²) >= 11 is 0. The van der Waals surface area contributed by atoms with Crippen molar-refractivity contribution in [1.82, 2.24) is 20.4 Å². The van der Waals surface area contributed by atoms with Crippen LogP contribution in [-0.4, -0.2) is 34.6 Å². The molecule has 0 spiro atoms. The molecule has 1 aromatic heterocycles. The zero-order valence-electron chi connectivity index (χ0n) is 12.1. The van der Waals surface area contributed by atoms with E-state index in [2.05, 4.69) is 15.5 Å². The zero-order valence-corrected chi connectivity index (χ0v) is 12.1. The summed E-state index contributed by atoms with van der Waals surface area (Å²) in [5.41, 5.74) is 2.77. The van der Waals surface area contributed by atoms with E-state index >= 15 is 0 Å². The molecule has 0 aliphatic carbocycles. The van der Waals surface area contributed by atoms with Gasteiger partial charge < -0.3 is 10.2 Å². The first-order valence-electron chi connectivity index (χ1n) is 7.02. The summed E-state index contributed by atoms with van der Waals surface area (Å²) in [4.78, 5) is 13.9. The molecule has 1 aliphatic rings.